The zero-order valence-electron chi connectivity index (χ0n) is 22.8. The Morgan fingerprint density at radius 3 is 2.00 bits per heavy atom. The molecule has 15 heteroatoms. The van der Waals surface area contributed by atoms with Gasteiger partial charge in [0.05, 0.1) is 41.1 Å². The van der Waals surface area contributed by atoms with E-state index in [-0.39, 0.29) is 40.3 Å². The molecule has 0 amide bonds. The maximum atomic E-state index is 16.3. The van der Waals surface area contributed by atoms with Crippen molar-refractivity contribution in [2.75, 3.05) is 36.8 Å². The molecule has 13 nitrogen and oxygen atoms in total. The molecule has 220 valence electrons. The number of carbonyl (C=O) groups is 1. The van der Waals surface area contributed by atoms with Crippen LogP contribution in [0.15, 0.2) is 35.8 Å². The van der Waals surface area contributed by atoms with Crippen molar-refractivity contribution >= 4 is 28.2 Å². The lowest BCUT2D eigenvalue weighted by atomic mass is 10.0. The molecule has 0 bridgehead atoms. The first kappa shape index (κ1) is 26.5. The Morgan fingerprint density at radius 1 is 0.857 bits per heavy atom. The van der Waals surface area contributed by atoms with E-state index in [1.807, 2.05) is 0 Å². The number of pyridine rings is 1. The number of nitrogens with two attached hydrogens (primary N) is 1. The highest BCUT2D eigenvalue weighted by molar-refractivity contribution is 6.00. The van der Waals surface area contributed by atoms with E-state index in [0.717, 1.165) is 12.8 Å². The third-order valence-corrected chi connectivity index (χ3v) is 8.57. The van der Waals surface area contributed by atoms with Gasteiger partial charge in [-0.25, -0.2) is 22.9 Å². The molecular formula is C27H30F2N10O3. The predicted molar refractivity (Wildman–Crippen MR) is 147 cm³/mol. The molecule has 4 aromatic rings. The monoisotopic (exact) mass is 580 g/mol. The van der Waals surface area contributed by atoms with Crippen molar-refractivity contribution in [3.63, 3.8) is 0 Å². The number of rotatable bonds is 6. The van der Waals surface area contributed by atoms with Gasteiger partial charge >= 0.3 is 5.97 Å². The summed E-state index contributed by atoms with van der Waals surface area (Å²) in [6, 6.07) is 0.0612. The summed E-state index contributed by atoms with van der Waals surface area (Å²) in [6.45, 7) is 1.61. The first-order valence-electron chi connectivity index (χ1n) is 14.2. The Labute approximate surface area is 238 Å². The number of benzene rings is 1. The van der Waals surface area contributed by atoms with E-state index >= 15 is 8.78 Å². The van der Waals surface area contributed by atoms with Crippen LogP contribution < -0.4 is 16.1 Å². The average molecular weight is 581 g/mol. The molecule has 7 rings (SSSR count). The van der Waals surface area contributed by atoms with Crippen LogP contribution in [0.4, 0.5) is 20.2 Å². The third-order valence-electron chi connectivity index (χ3n) is 8.57. The fourth-order valence-corrected chi connectivity index (χ4v) is 6.16. The average Bonchev–Trinajstić information content (AvgIpc) is 3.42. The number of fused-ring (bicyclic) bond motifs is 1. The van der Waals surface area contributed by atoms with Gasteiger partial charge in [0.1, 0.15) is 11.3 Å². The third kappa shape index (κ3) is 4.57. The quantitative estimate of drug-likeness (QED) is 0.338. The standard InChI is InChI=1S/C27H30F2N10O3/c28-21-23(30)20-24(22(29)25(21)35-9-3-17(4-10-35)38-13-7-31-33-38)37(16-1-2-16)15-19(26(20)40)27(41)42-36-11-5-18(6-12-36)39-14-8-32-34-39/h7-8,13-18H,1-6,9-12,30H2. The van der Waals surface area contributed by atoms with Gasteiger partial charge < -0.3 is 20.0 Å². The van der Waals surface area contributed by atoms with E-state index in [4.69, 9.17) is 10.6 Å². The summed E-state index contributed by atoms with van der Waals surface area (Å²) in [5, 5.41) is 16.9. The highest BCUT2D eigenvalue weighted by Crippen LogP contribution is 2.42. The van der Waals surface area contributed by atoms with Crippen LogP contribution in [0.1, 0.15) is 67.0 Å². The topological polar surface area (TPSA) is 142 Å². The molecule has 3 aliphatic rings. The van der Waals surface area contributed by atoms with Gasteiger partial charge in [-0.15, -0.1) is 15.3 Å². The van der Waals surface area contributed by atoms with Gasteiger partial charge in [-0.1, -0.05) is 10.4 Å². The van der Waals surface area contributed by atoms with Crippen LogP contribution in [-0.2, 0) is 4.84 Å². The lowest BCUT2D eigenvalue weighted by Gasteiger charge is -2.34. The smallest absolute Gasteiger partial charge is 0.362 e. The fourth-order valence-electron chi connectivity index (χ4n) is 6.16. The Bertz CT molecular complexity index is 1670. The molecule has 0 radical (unpaired) electrons. The van der Waals surface area contributed by atoms with Crippen molar-refractivity contribution < 1.29 is 18.4 Å². The summed E-state index contributed by atoms with van der Waals surface area (Å²) in [4.78, 5) is 34.1. The zero-order chi connectivity index (χ0) is 29.0. The number of hydrogen-bond acceptors (Lipinski definition) is 10. The minimum atomic E-state index is -1.00. The van der Waals surface area contributed by atoms with Gasteiger partial charge in [-0.3, -0.25) is 4.79 Å². The van der Waals surface area contributed by atoms with Crippen LogP contribution >= 0.6 is 0 Å². The normalized spacial score (nSPS) is 19.0. The molecule has 2 saturated heterocycles. The zero-order valence-corrected chi connectivity index (χ0v) is 22.8. The van der Waals surface area contributed by atoms with Crippen LogP contribution in [0.2, 0.25) is 0 Å². The number of hydroxylamine groups is 2. The molecule has 1 aromatic carbocycles. The van der Waals surface area contributed by atoms with Gasteiger partial charge in [-0.05, 0) is 38.5 Å². The van der Waals surface area contributed by atoms with Gasteiger partial charge in [0, 0.05) is 50.8 Å². The SMILES string of the molecule is Nc1c(F)c(N2CCC(n3ccnn3)CC2)c(F)c2c1c(=O)c(C(=O)ON1CCC(n3ccnn3)CC1)cn2C1CC1. The molecule has 3 fully saturated rings. The molecule has 5 heterocycles. The van der Waals surface area contributed by atoms with Crippen molar-refractivity contribution in [3.8, 4) is 0 Å². The summed E-state index contributed by atoms with van der Waals surface area (Å²) in [7, 11) is 0. The fraction of sp³-hybridized carbons (Fsp3) is 0.481. The number of nitrogen functional groups attached to an aromatic ring is 1. The number of carbonyl (C=O) groups excluding carboxylic acids is 1. The second kappa shape index (κ2) is 10.5. The Kier molecular flexibility index (Phi) is 6.60. The molecule has 0 atom stereocenters. The Morgan fingerprint density at radius 2 is 1.45 bits per heavy atom. The van der Waals surface area contributed by atoms with E-state index in [1.54, 1.807) is 43.6 Å². The highest BCUT2D eigenvalue weighted by atomic mass is 19.1. The maximum absolute atomic E-state index is 16.3. The molecule has 1 saturated carbocycles. The molecule has 42 heavy (non-hydrogen) atoms. The molecular weight excluding hydrogens is 550 g/mol. The number of halogens is 2. The van der Waals surface area contributed by atoms with Crippen molar-refractivity contribution in [1.82, 2.24) is 39.6 Å². The summed E-state index contributed by atoms with van der Waals surface area (Å²) in [5.74, 6) is -2.73. The van der Waals surface area contributed by atoms with Crippen molar-refractivity contribution in [2.45, 2.75) is 56.7 Å². The van der Waals surface area contributed by atoms with Crippen LogP contribution in [0, 0.1) is 11.6 Å². The molecule has 3 aromatic heterocycles. The van der Waals surface area contributed by atoms with Gasteiger partial charge in [0.15, 0.2) is 11.6 Å². The number of hydrogen-bond donors (Lipinski definition) is 1. The summed E-state index contributed by atoms with van der Waals surface area (Å²) in [5.41, 5.74) is 4.26. The van der Waals surface area contributed by atoms with Crippen molar-refractivity contribution in [3.05, 3.63) is 58.4 Å². The molecule has 2 aliphatic heterocycles. The second-order valence-corrected chi connectivity index (χ2v) is 11.1. The lowest BCUT2D eigenvalue weighted by molar-refractivity contribution is -0.125. The summed E-state index contributed by atoms with van der Waals surface area (Å²) >= 11 is 0. The largest absolute Gasteiger partial charge is 0.396 e. The van der Waals surface area contributed by atoms with Gasteiger partial charge in [0.25, 0.3) is 0 Å². The van der Waals surface area contributed by atoms with Crippen LogP contribution in [-0.4, -0.2) is 71.8 Å². The van der Waals surface area contributed by atoms with Crippen LogP contribution in [0.5, 0.6) is 0 Å². The predicted octanol–water partition coefficient (Wildman–Crippen LogP) is 2.63. The van der Waals surface area contributed by atoms with Crippen molar-refractivity contribution in [2.24, 2.45) is 0 Å². The summed E-state index contributed by atoms with van der Waals surface area (Å²) < 4.78 is 37.2. The number of anilines is 2. The van der Waals surface area contributed by atoms with E-state index in [1.165, 1.54) is 11.3 Å². The summed E-state index contributed by atoms with van der Waals surface area (Å²) in [6.07, 6.45) is 12.1. The molecule has 0 spiro atoms. The molecule has 0 unspecified atom stereocenters. The lowest BCUT2D eigenvalue weighted by Crippen LogP contribution is -2.38. The number of nitrogens with zero attached hydrogens (tertiary/aromatic N) is 9. The second-order valence-electron chi connectivity index (χ2n) is 11.1. The van der Waals surface area contributed by atoms with Crippen molar-refractivity contribution in [1.29, 1.82) is 0 Å². The van der Waals surface area contributed by atoms with E-state index in [2.05, 4.69) is 20.6 Å². The first-order chi connectivity index (χ1) is 20.4. The van der Waals surface area contributed by atoms with Crippen LogP contribution in [0.3, 0.4) is 0 Å². The minimum Gasteiger partial charge on any atom is -0.396 e. The Hall–Kier alpha value is -4.40. The molecule has 2 N–H and O–H groups in total. The van der Waals surface area contributed by atoms with E-state index in [9.17, 15) is 9.59 Å². The van der Waals surface area contributed by atoms with Gasteiger partial charge in [0.2, 0.25) is 5.43 Å². The Balaban J connectivity index is 1.18. The van der Waals surface area contributed by atoms with E-state index < -0.39 is 28.7 Å². The number of piperidine rings is 2. The molecule has 1 aliphatic carbocycles. The number of aromatic nitrogens is 7. The minimum absolute atomic E-state index is 0.0687. The first-order valence-corrected chi connectivity index (χ1v) is 14.2. The van der Waals surface area contributed by atoms with E-state index in [0.29, 0.717) is 51.9 Å². The van der Waals surface area contributed by atoms with Gasteiger partial charge in [-0.2, -0.15) is 0 Å². The van der Waals surface area contributed by atoms with Crippen LogP contribution in [0.25, 0.3) is 10.9 Å². The maximum Gasteiger partial charge on any atom is 0.362 e. The highest BCUT2D eigenvalue weighted by Gasteiger charge is 2.35.